The van der Waals surface area contributed by atoms with Gasteiger partial charge in [0.1, 0.15) is 6.26 Å². The van der Waals surface area contributed by atoms with E-state index >= 15 is 0 Å². The van der Waals surface area contributed by atoms with Gasteiger partial charge < -0.3 is 10.2 Å². The van der Waals surface area contributed by atoms with E-state index < -0.39 is 0 Å². The molecule has 0 aliphatic rings. The lowest BCUT2D eigenvalue weighted by Crippen LogP contribution is -1.98. The van der Waals surface area contributed by atoms with Crippen LogP contribution in [-0.2, 0) is 9.68 Å². The zero-order chi connectivity index (χ0) is 5.54. The van der Waals surface area contributed by atoms with Gasteiger partial charge in [-0.2, -0.15) is 0 Å². The molecule has 0 aromatic rings. The van der Waals surface area contributed by atoms with Crippen molar-refractivity contribution in [2.45, 2.75) is 0 Å². The van der Waals surface area contributed by atoms with Gasteiger partial charge in [0, 0.05) is 6.20 Å². The molecule has 0 spiro atoms. The Balaban J connectivity index is 2.92. The van der Waals surface area contributed by atoms with Crippen LogP contribution in [0.3, 0.4) is 0 Å². The highest BCUT2D eigenvalue weighted by Gasteiger charge is 1.62. The summed E-state index contributed by atoms with van der Waals surface area (Å²) in [6, 6.07) is 0. The highest BCUT2D eigenvalue weighted by atomic mass is 17.1. The third kappa shape index (κ3) is 4.97. The minimum atomic E-state index is 0.454. The Morgan fingerprint density at radius 3 is 2.86 bits per heavy atom. The molecule has 7 heavy (non-hydrogen) atoms. The Morgan fingerprint density at radius 1 is 1.71 bits per heavy atom. The molecule has 0 saturated heterocycles. The predicted molar refractivity (Wildman–Crippen MR) is 22.1 cm³/mol. The van der Waals surface area contributed by atoms with E-state index in [0.717, 1.165) is 12.5 Å². The van der Waals surface area contributed by atoms with Crippen LogP contribution in [0.5, 0.6) is 0 Å². The Labute approximate surface area is 40.3 Å². The molecule has 2 N–H and O–H groups in total. The molecule has 0 radical (unpaired) electrons. The average molecular weight is 103 g/mol. The molecule has 0 heterocycles. The van der Waals surface area contributed by atoms with Gasteiger partial charge in [-0.05, 0) is 0 Å². The Hall–Kier alpha value is -1.03. The zero-order valence-corrected chi connectivity index (χ0v) is 3.50. The summed E-state index contributed by atoms with van der Waals surface area (Å²) in [5, 5.41) is 9.65. The number of carbonyl (C=O) groups is 1. The first-order valence-electron chi connectivity index (χ1n) is 1.56. The molecule has 1 amide bonds. The summed E-state index contributed by atoms with van der Waals surface area (Å²) in [5.41, 5.74) is 0. The van der Waals surface area contributed by atoms with Crippen molar-refractivity contribution in [2.75, 3.05) is 0 Å². The Kier molecular flexibility index (Phi) is 4.24. The lowest BCUT2D eigenvalue weighted by molar-refractivity contribution is -0.186. The normalized spacial score (nSPS) is 8.71. The van der Waals surface area contributed by atoms with E-state index in [4.69, 9.17) is 5.26 Å². The maximum atomic E-state index is 9.38. The van der Waals surface area contributed by atoms with Crippen LogP contribution in [-0.4, -0.2) is 11.7 Å². The van der Waals surface area contributed by atoms with Gasteiger partial charge in [-0.3, -0.25) is 4.79 Å². The molecule has 0 aromatic heterocycles. The van der Waals surface area contributed by atoms with Gasteiger partial charge in [-0.25, -0.2) is 5.26 Å². The fraction of sp³-hybridized carbons (Fsp3) is 0. The molecule has 0 bridgehead atoms. The molecule has 0 aromatic carbocycles. The van der Waals surface area contributed by atoms with E-state index in [-0.39, 0.29) is 0 Å². The summed E-state index contributed by atoms with van der Waals surface area (Å²) in [5.74, 6) is 0. The Morgan fingerprint density at radius 2 is 2.43 bits per heavy atom. The number of rotatable bonds is 3. The quantitative estimate of drug-likeness (QED) is 0.223. The van der Waals surface area contributed by atoms with Crippen molar-refractivity contribution in [1.29, 1.82) is 0 Å². The Bertz CT molecular complexity index is 70.6. The highest BCUT2D eigenvalue weighted by molar-refractivity contribution is 5.47. The van der Waals surface area contributed by atoms with Crippen molar-refractivity contribution in [2.24, 2.45) is 0 Å². The van der Waals surface area contributed by atoms with Crippen LogP contribution >= 0.6 is 0 Å². The van der Waals surface area contributed by atoms with E-state index in [9.17, 15) is 4.79 Å². The second kappa shape index (κ2) is 4.97. The van der Waals surface area contributed by atoms with Crippen LogP contribution in [0.1, 0.15) is 0 Å². The van der Waals surface area contributed by atoms with E-state index in [2.05, 4.69) is 10.2 Å². The molecule has 40 valence electrons. The van der Waals surface area contributed by atoms with Crippen molar-refractivity contribution in [3.8, 4) is 0 Å². The maximum Gasteiger partial charge on any atom is 0.211 e. The SMILES string of the molecule is O=CNC=COO. The summed E-state index contributed by atoms with van der Waals surface area (Å²) in [4.78, 5) is 12.8. The van der Waals surface area contributed by atoms with Crippen LogP contribution < -0.4 is 5.32 Å². The minimum absolute atomic E-state index is 0.454. The van der Waals surface area contributed by atoms with Crippen LogP contribution in [0.2, 0.25) is 0 Å². The smallest absolute Gasteiger partial charge is 0.211 e. The van der Waals surface area contributed by atoms with Crippen LogP contribution in [0.15, 0.2) is 12.5 Å². The van der Waals surface area contributed by atoms with Crippen molar-refractivity contribution in [1.82, 2.24) is 5.32 Å². The largest absolute Gasteiger partial charge is 0.347 e. The van der Waals surface area contributed by atoms with Crippen LogP contribution in [0.4, 0.5) is 0 Å². The minimum Gasteiger partial charge on any atom is -0.347 e. The molecule has 0 aliphatic carbocycles. The molecule has 0 unspecified atom stereocenters. The second-order valence-electron chi connectivity index (χ2n) is 0.693. The molecule has 0 atom stereocenters. The first-order valence-corrected chi connectivity index (χ1v) is 1.56. The fourth-order valence-electron chi connectivity index (χ4n) is 0.109. The lowest BCUT2D eigenvalue weighted by Gasteiger charge is -1.80. The van der Waals surface area contributed by atoms with Gasteiger partial charge in [0.15, 0.2) is 0 Å². The van der Waals surface area contributed by atoms with E-state index in [0.29, 0.717) is 6.41 Å². The second-order valence-corrected chi connectivity index (χ2v) is 0.693. The van der Waals surface area contributed by atoms with Gasteiger partial charge in [0.05, 0.1) is 0 Å². The molecular weight excluding hydrogens is 98.0 g/mol. The summed E-state index contributed by atoms with van der Waals surface area (Å²) >= 11 is 0. The van der Waals surface area contributed by atoms with Gasteiger partial charge in [0.2, 0.25) is 6.41 Å². The molecule has 0 rings (SSSR count). The van der Waals surface area contributed by atoms with Gasteiger partial charge >= 0.3 is 0 Å². The van der Waals surface area contributed by atoms with E-state index in [1.54, 1.807) is 0 Å². The van der Waals surface area contributed by atoms with Crippen molar-refractivity contribution in [3.05, 3.63) is 12.5 Å². The lowest BCUT2D eigenvalue weighted by atomic mass is 10.9. The number of carbonyl (C=O) groups excluding carboxylic acids is 1. The summed E-state index contributed by atoms with van der Waals surface area (Å²) in [6.07, 6.45) is 2.52. The maximum absolute atomic E-state index is 9.38. The summed E-state index contributed by atoms with van der Waals surface area (Å²) in [6.45, 7) is 0. The number of hydrogen-bond acceptors (Lipinski definition) is 3. The molecule has 0 fully saturated rings. The van der Waals surface area contributed by atoms with Crippen molar-refractivity contribution >= 4 is 6.41 Å². The van der Waals surface area contributed by atoms with E-state index in [1.165, 1.54) is 0 Å². The third-order valence-corrected chi connectivity index (χ3v) is 0.293. The van der Waals surface area contributed by atoms with Gasteiger partial charge in [-0.15, -0.1) is 0 Å². The first-order chi connectivity index (χ1) is 3.41. The molecule has 4 nitrogen and oxygen atoms in total. The molecule has 0 saturated carbocycles. The molecule has 0 aliphatic heterocycles. The number of hydrogen-bond donors (Lipinski definition) is 2. The van der Waals surface area contributed by atoms with Crippen LogP contribution in [0, 0.1) is 0 Å². The molecular formula is C3H5NO3. The first kappa shape index (κ1) is 5.97. The predicted octanol–water partition coefficient (Wildman–Crippen LogP) is -0.307. The zero-order valence-electron chi connectivity index (χ0n) is 3.50. The fourth-order valence-corrected chi connectivity index (χ4v) is 0.109. The topological polar surface area (TPSA) is 58.6 Å². The van der Waals surface area contributed by atoms with Crippen molar-refractivity contribution in [3.63, 3.8) is 0 Å². The van der Waals surface area contributed by atoms with E-state index in [1.807, 2.05) is 0 Å². The van der Waals surface area contributed by atoms with Gasteiger partial charge in [-0.1, -0.05) is 0 Å². The monoisotopic (exact) mass is 103 g/mol. The summed E-state index contributed by atoms with van der Waals surface area (Å²) in [7, 11) is 0. The molecule has 4 heteroatoms. The van der Waals surface area contributed by atoms with Crippen molar-refractivity contribution < 1.29 is 14.9 Å². The number of amides is 1. The summed E-state index contributed by atoms with van der Waals surface area (Å²) < 4.78 is 0. The highest BCUT2D eigenvalue weighted by Crippen LogP contribution is 1.61. The average Bonchev–Trinajstić information content (AvgIpc) is 1.69. The van der Waals surface area contributed by atoms with Crippen LogP contribution in [0.25, 0.3) is 0 Å². The standard InChI is InChI=1S/C3H5NO3/c5-3-4-1-2-7-6/h1-3,6H,(H,4,5). The van der Waals surface area contributed by atoms with Gasteiger partial charge in [0.25, 0.3) is 0 Å². The number of nitrogens with one attached hydrogen (secondary N) is 1. The third-order valence-electron chi connectivity index (χ3n) is 0.293.